The Morgan fingerprint density at radius 2 is 1.96 bits per heavy atom. The fourth-order valence-electron chi connectivity index (χ4n) is 3.09. The molecule has 0 fully saturated rings. The van der Waals surface area contributed by atoms with Gasteiger partial charge in [-0.2, -0.15) is 0 Å². The number of carbonyl (C=O) groups is 1. The van der Waals surface area contributed by atoms with E-state index in [-0.39, 0.29) is 0 Å². The number of thiophene rings is 1. The number of carboxylic acid groups (broad SMARTS) is 1. The molecule has 0 bridgehead atoms. The fourth-order valence-corrected chi connectivity index (χ4v) is 4.32. The lowest BCUT2D eigenvalue weighted by atomic mass is 10.0. The smallest absolute Gasteiger partial charge is 0.335 e. The molecule has 2 aromatic heterocycles. The van der Waals surface area contributed by atoms with E-state index in [1.807, 2.05) is 36.5 Å². The summed E-state index contributed by atoms with van der Waals surface area (Å²) < 4.78 is 6.27. The number of fused-ring (bicyclic) bond motifs is 1. The molecule has 1 N–H and O–H groups in total. The van der Waals surface area contributed by atoms with E-state index < -0.39 is 5.97 Å². The van der Waals surface area contributed by atoms with Crippen LogP contribution in [0.3, 0.4) is 0 Å². The van der Waals surface area contributed by atoms with Crippen LogP contribution >= 0.6 is 11.3 Å². The first-order valence-corrected chi connectivity index (χ1v) is 9.30. The van der Waals surface area contributed by atoms with Crippen LogP contribution in [0.4, 0.5) is 0 Å². The normalized spacial score (nSPS) is 10.9. The number of ether oxygens (including phenoxy) is 1. The Bertz CT molecular complexity index is 1120. The maximum atomic E-state index is 11.3. The molecule has 2 heterocycles. The van der Waals surface area contributed by atoms with Gasteiger partial charge in [-0.3, -0.25) is 0 Å². The lowest BCUT2D eigenvalue weighted by Crippen LogP contribution is -1.95. The summed E-state index contributed by atoms with van der Waals surface area (Å²) in [5.74, 6) is -0.307. The van der Waals surface area contributed by atoms with Crippen LogP contribution in [-0.4, -0.2) is 23.2 Å². The van der Waals surface area contributed by atoms with Gasteiger partial charge in [0.05, 0.1) is 12.7 Å². The molecule has 0 saturated carbocycles. The lowest BCUT2D eigenvalue weighted by molar-refractivity contribution is 0.0697. The topological polar surface area (TPSA) is 59.4 Å². The number of methoxy groups -OCH3 is 1. The van der Waals surface area contributed by atoms with Gasteiger partial charge < -0.3 is 9.84 Å². The van der Waals surface area contributed by atoms with Crippen molar-refractivity contribution < 1.29 is 14.6 Å². The van der Waals surface area contributed by atoms with Crippen LogP contribution in [0.25, 0.3) is 21.2 Å². The van der Waals surface area contributed by atoms with Crippen LogP contribution in [0.1, 0.15) is 20.8 Å². The maximum Gasteiger partial charge on any atom is 0.335 e. The van der Waals surface area contributed by atoms with Gasteiger partial charge in [0.25, 0.3) is 0 Å². The zero-order valence-corrected chi connectivity index (χ0v) is 15.5. The number of hydrogen-bond donors (Lipinski definition) is 1. The van der Waals surface area contributed by atoms with Crippen molar-refractivity contribution in [3.8, 4) is 17.0 Å². The molecule has 27 heavy (non-hydrogen) atoms. The Labute approximate surface area is 160 Å². The minimum absolute atomic E-state index is 0.297. The summed E-state index contributed by atoms with van der Waals surface area (Å²) in [7, 11) is 1.61. The highest BCUT2D eigenvalue weighted by Crippen LogP contribution is 2.36. The Hall–Kier alpha value is -3.18. The number of aromatic carboxylic acids is 1. The van der Waals surface area contributed by atoms with E-state index in [1.54, 1.807) is 36.6 Å². The molecule has 2 aromatic carbocycles. The first-order chi connectivity index (χ1) is 13.1. The molecule has 0 saturated heterocycles. The number of carboxylic acids is 1. The second kappa shape index (κ2) is 7.21. The molecular formula is C22H17NO3S. The van der Waals surface area contributed by atoms with Crippen LogP contribution in [0.2, 0.25) is 0 Å². The molecule has 0 aliphatic heterocycles. The van der Waals surface area contributed by atoms with E-state index in [2.05, 4.69) is 17.1 Å². The Kier molecular flexibility index (Phi) is 4.60. The summed E-state index contributed by atoms with van der Waals surface area (Å²) in [5.41, 5.74) is 3.39. The van der Waals surface area contributed by atoms with Crippen molar-refractivity contribution in [2.75, 3.05) is 7.11 Å². The molecule has 4 aromatic rings. The molecule has 0 atom stereocenters. The van der Waals surface area contributed by atoms with Gasteiger partial charge >= 0.3 is 5.97 Å². The van der Waals surface area contributed by atoms with Gasteiger partial charge in [0.2, 0.25) is 5.88 Å². The zero-order valence-electron chi connectivity index (χ0n) is 14.7. The highest BCUT2D eigenvalue weighted by atomic mass is 32.1. The molecule has 5 heteroatoms. The Morgan fingerprint density at radius 1 is 1.11 bits per heavy atom. The summed E-state index contributed by atoms with van der Waals surface area (Å²) in [5, 5.41) is 10.4. The summed E-state index contributed by atoms with van der Waals surface area (Å²) in [6, 6.07) is 19.3. The summed E-state index contributed by atoms with van der Waals surface area (Å²) >= 11 is 1.73. The Balaban J connectivity index is 1.71. The molecule has 4 nitrogen and oxygen atoms in total. The van der Waals surface area contributed by atoms with Crippen molar-refractivity contribution in [1.82, 2.24) is 4.98 Å². The number of aromatic nitrogens is 1. The zero-order chi connectivity index (χ0) is 18.8. The monoisotopic (exact) mass is 375 g/mol. The van der Waals surface area contributed by atoms with Crippen molar-refractivity contribution in [3.63, 3.8) is 0 Å². The minimum atomic E-state index is -0.914. The quantitative estimate of drug-likeness (QED) is 0.517. The second-order valence-electron chi connectivity index (χ2n) is 6.21. The molecule has 0 aliphatic carbocycles. The van der Waals surface area contributed by atoms with E-state index in [0.717, 1.165) is 33.2 Å². The van der Waals surface area contributed by atoms with Crippen molar-refractivity contribution in [2.24, 2.45) is 0 Å². The molecular weight excluding hydrogens is 358 g/mol. The predicted molar refractivity (Wildman–Crippen MR) is 108 cm³/mol. The van der Waals surface area contributed by atoms with Crippen molar-refractivity contribution in [1.29, 1.82) is 0 Å². The van der Waals surface area contributed by atoms with Crippen LogP contribution in [0.5, 0.6) is 5.88 Å². The molecule has 0 amide bonds. The van der Waals surface area contributed by atoms with Crippen LogP contribution in [-0.2, 0) is 6.42 Å². The summed E-state index contributed by atoms with van der Waals surface area (Å²) in [6.45, 7) is 0. The van der Waals surface area contributed by atoms with Crippen molar-refractivity contribution in [3.05, 3.63) is 82.9 Å². The van der Waals surface area contributed by atoms with E-state index in [0.29, 0.717) is 11.4 Å². The van der Waals surface area contributed by atoms with Crippen molar-refractivity contribution in [2.45, 2.75) is 6.42 Å². The standard InChI is InChI=1S/C22H17NO3S/c1-26-20-9-8-14(13-23-20)10-18-12-16-5-3-7-19(21(16)27-18)15-4-2-6-17(11-15)22(24)25/h2-9,11-13H,10H2,1H3,(H,24,25). The average molecular weight is 375 g/mol. The third-order valence-electron chi connectivity index (χ3n) is 4.40. The number of hydrogen-bond acceptors (Lipinski definition) is 4. The first-order valence-electron chi connectivity index (χ1n) is 8.48. The van der Waals surface area contributed by atoms with E-state index in [4.69, 9.17) is 4.74 Å². The van der Waals surface area contributed by atoms with Gasteiger partial charge in [-0.15, -0.1) is 11.3 Å². The van der Waals surface area contributed by atoms with Gasteiger partial charge in [-0.25, -0.2) is 9.78 Å². The van der Waals surface area contributed by atoms with Crippen LogP contribution in [0, 0.1) is 0 Å². The lowest BCUT2D eigenvalue weighted by Gasteiger charge is -2.04. The average Bonchev–Trinajstić information content (AvgIpc) is 3.11. The minimum Gasteiger partial charge on any atom is -0.481 e. The van der Waals surface area contributed by atoms with E-state index in [9.17, 15) is 9.90 Å². The molecule has 0 spiro atoms. The van der Waals surface area contributed by atoms with E-state index in [1.165, 1.54) is 4.88 Å². The van der Waals surface area contributed by atoms with Gasteiger partial charge in [-0.1, -0.05) is 36.4 Å². The first kappa shape index (κ1) is 17.2. The van der Waals surface area contributed by atoms with Gasteiger partial charge in [0.1, 0.15) is 0 Å². The van der Waals surface area contributed by atoms with Gasteiger partial charge in [-0.05, 0) is 40.3 Å². The number of rotatable bonds is 5. The van der Waals surface area contributed by atoms with Gasteiger partial charge in [0.15, 0.2) is 0 Å². The molecule has 0 unspecified atom stereocenters. The highest BCUT2D eigenvalue weighted by Gasteiger charge is 2.11. The molecule has 0 radical (unpaired) electrons. The molecule has 134 valence electrons. The number of benzene rings is 2. The highest BCUT2D eigenvalue weighted by molar-refractivity contribution is 7.19. The summed E-state index contributed by atoms with van der Waals surface area (Å²) in [6.07, 6.45) is 2.63. The molecule has 0 aliphatic rings. The fraction of sp³-hybridized carbons (Fsp3) is 0.0909. The summed E-state index contributed by atoms with van der Waals surface area (Å²) in [4.78, 5) is 16.8. The van der Waals surface area contributed by atoms with Crippen LogP contribution in [0.15, 0.2) is 66.9 Å². The predicted octanol–water partition coefficient (Wildman–Crippen LogP) is 5.26. The van der Waals surface area contributed by atoms with Gasteiger partial charge in [0, 0.05) is 28.3 Å². The third kappa shape index (κ3) is 3.55. The second-order valence-corrected chi connectivity index (χ2v) is 7.34. The van der Waals surface area contributed by atoms with Crippen molar-refractivity contribution >= 4 is 27.4 Å². The maximum absolute atomic E-state index is 11.3. The molecule has 4 rings (SSSR count). The number of nitrogens with zero attached hydrogens (tertiary/aromatic N) is 1. The van der Waals surface area contributed by atoms with E-state index >= 15 is 0 Å². The SMILES string of the molecule is COc1ccc(Cc2cc3cccc(-c4cccc(C(=O)O)c4)c3s2)cn1. The third-order valence-corrected chi connectivity index (χ3v) is 5.58. The Morgan fingerprint density at radius 3 is 2.70 bits per heavy atom. The largest absolute Gasteiger partial charge is 0.481 e. The number of pyridine rings is 1. The van der Waals surface area contributed by atoms with Crippen LogP contribution < -0.4 is 4.74 Å².